The molecule has 1 aromatic rings. The molecule has 5 nitrogen and oxygen atoms in total. The highest BCUT2D eigenvalue weighted by Gasteiger charge is 2.24. The summed E-state index contributed by atoms with van der Waals surface area (Å²) in [5, 5.41) is 27.2. The first-order valence-corrected chi connectivity index (χ1v) is 4.32. The van der Waals surface area contributed by atoms with E-state index in [-0.39, 0.29) is 11.1 Å². The molecule has 2 atom stereocenters. The minimum absolute atomic E-state index is 0.0456. The lowest BCUT2D eigenvalue weighted by Gasteiger charge is -2.15. The number of hydrogen-bond donors (Lipinski definition) is 3. The molecule has 2 unspecified atom stereocenters. The molecule has 1 amide bonds. The van der Waals surface area contributed by atoms with Gasteiger partial charge in [0.25, 0.3) is 0 Å². The highest BCUT2D eigenvalue weighted by Crippen LogP contribution is 2.19. The van der Waals surface area contributed by atoms with Crippen LogP contribution in [0.1, 0.15) is 17.2 Å². The van der Waals surface area contributed by atoms with Gasteiger partial charge in [0.15, 0.2) is 6.10 Å². The average Bonchev–Trinajstić information content (AvgIpc) is 2.27. The van der Waals surface area contributed by atoms with Gasteiger partial charge >= 0.3 is 0 Å². The predicted molar refractivity (Wildman–Crippen MR) is 51.3 cm³/mol. The minimum atomic E-state index is -1.79. The van der Waals surface area contributed by atoms with Crippen LogP contribution in [0.5, 0.6) is 0 Å². The Morgan fingerprint density at radius 2 is 2.12 bits per heavy atom. The molecule has 0 spiro atoms. The number of rotatable bonds is 3. The Morgan fingerprint density at radius 1 is 1.50 bits per heavy atom. The van der Waals surface area contributed by atoms with Crippen LogP contribution in [0.3, 0.4) is 0 Å². The summed E-state index contributed by atoms with van der Waals surface area (Å²) in [5.41, 5.74) is 4.55. The number of nitriles is 1. The number of benzene rings is 1. The van der Waals surface area contributed by atoms with Crippen molar-refractivity contribution < 1.29 is 19.4 Å². The minimum Gasteiger partial charge on any atom is -0.385 e. The summed E-state index contributed by atoms with van der Waals surface area (Å²) in [5.74, 6) is -1.85. The highest BCUT2D eigenvalue weighted by atomic mass is 19.1. The van der Waals surface area contributed by atoms with Crippen LogP contribution >= 0.6 is 0 Å². The summed E-state index contributed by atoms with van der Waals surface area (Å²) in [6.45, 7) is 0. The van der Waals surface area contributed by atoms with Gasteiger partial charge in [-0.25, -0.2) is 4.39 Å². The average molecular weight is 224 g/mol. The van der Waals surface area contributed by atoms with E-state index in [1.807, 2.05) is 0 Å². The van der Waals surface area contributed by atoms with Crippen LogP contribution < -0.4 is 5.73 Å². The fourth-order valence-electron chi connectivity index (χ4n) is 1.15. The molecule has 0 fully saturated rings. The number of hydrogen-bond acceptors (Lipinski definition) is 4. The lowest BCUT2D eigenvalue weighted by molar-refractivity contribution is -0.131. The molecule has 6 heteroatoms. The largest absolute Gasteiger partial charge is 0.385 e. The Hall–Kier alpha value is -1.97. The van der Waals surface area contributed by atoms with Crippen LogP contribution in [0.15, 0.2) is 18.2 Å². The van der Waals surface area contributed by atoms with Crippen molar-refractivity contribution in [3.63, 3.8) is 0 Å². The van der Waals surface area contributed by atoms with Crippen LogP contribution in [0.2, 0.25) is 0 Å². The van der Waals surface area contributed by atoms with Gasteiger partial charge < -0.3 is 15.9 Å². The van der Waals surface area contributed by atoms with Crippen molar-refractivity contribution in [2.75, 3.05) is 0 Å². The molecule has 0 radical (unpaired) electrons. The maximum atomic E-state index is 12.9. The van der Waals surface area contributed by atoms with Gasteiger partial charge in [0, 0.05) is 0 Å². The summed E-state index contributed by atoms with van der Waals surface area (Å²) in [4.78, 5) is 10.6. The van der Waals surface area contributed by atoms with E-state index < -0.39 is 23.9 Å². The van der Waals surface area contributed by atoms with Gasteiger partial charge in [-0.15, -0.1) is 0 Å². The predicted octanol–water partition coefficient (Wildman–Crippen LogP) is -0.423. The number of aliphatic hydroxyl groups excluding tert-OH is 2. The number of nitrogens with two attached hydrogens (primary N) is 1. The molecule has 0 aliphatic heterocycles. The standard InChI is InChI=1S/C10H9FN2O3/c11-7-2-1-5(3-6(7)4-12)8(14)9(15)10(13)16/h1-3,8-9,14-15H,(H2,13,16). The molecule has 0 saturated heterocycles. The van der Waals surface area contributed by atoms with Crippen LogP contribution in [0.4, 0.5) is 4.39 Å². The third-order valence-corrected chi connectivity index (χ3v) is 2.04. The van der Waals surface area contributed by atoms with E-state index in [0.29, 0.717) is 0 Å². The fourth-order valence-corrected chi connectivity index (χ4v) is 1.15. The summed E-state index contributed by atoms with van der Waals surface area (Å²) in [6.07, 6.45) is -3.37. The number of halogens is 1. The summed E-state index contributed by atoms with van der Waals surface area (Å²) < 4.78 is 12.9. The maximum Gasteiger partial charge on any atom is 0.249 e. The number of primary amides is 1. The number of aliphatic hydroxyl groups is 2. The van der Waals surface area contributed by atoms with Crippen LogP contribution in [0.25, 0.3) is 0 Å². The first-order chi connectivity index (χ1) is 7.47. The Labute approximate surface area is 90.5 Å². The second kappa shape index (κ2) is 4.70. The highest BCUT2D eigenvalue weighted by molar-refractivity contribution is 5.79. The molecule has 0 saturated carbocycles. The molecule has 84 valence electrons. The smallest absolute Gasteiger partial charge is 0.249 e. The van der Waals surface area contributed by atoms with Crippen molar-refractivity contribution in [2.24, 2.45) is 5.73 Å². The monoisotopic (exact) mass is 224 g/mol. The van der Waals surface area contributed by atoms with Crippen LogP contribution in [0, 0.1) is 17.1 Å². The van der Waals surface area contributed by atoms with Gasteiger partial charge in [-0.2, -0.15) is 5.26 Å². The maximum absolute atomic E-state index is 12.9. The molecule has 0 bridgehead atoms. The van der Waals surface area contributed by atoms with Crippen molar-refractivity contribution >= 4 is 5.91 Å². The summed E-state index contributed by atoms with van der Waals surface area (Å²) in [6, 6.07) is 4.75. The Bertz CT molecular complexity index is 456. The van der Waals surface area contributed by atoms with Crippen molar-refractivity contribution in [1.29, 1.82) is 5.26 Å². The van der Waals surface area contributed by atoms with Gasteiger partial charge in [0.2, 0.25) is 5.91 Å². The number of amides is 1. The second-order valence-electron chi connectivity index (χ2n) is 3.14. The third kappa shape index (κ3) is 2.34. The first-order valence-electron chi connectivity index (χ1n) is 4.32. The molecular weight excluding hydrogens is 215 g/mol. The van der Waals surface area contributed by atoms with Crippen molar-refractivity contribution in [3.8, 4) is 6.07 Å². The lowest BCUT2D eigenvalue weighted by Crippen LogP contribution is -2.33. The van der Waals surface area contributed by atoms with Crippen molar-refractivity contribution in [2.45, 2.75) is 12.2 Å². The van der Waals surface area contributed by atoms with Gasteiger partial charge in [0.1, 0.15) is 18.0 Å². The Balaban J connectivity index is 3.06. The molecule has 1 rings (SSSR count). The second-order valence-corrected chi connectivity index (χ2v) is 3.14. The summed E-state index contributed by atoms with van der Waals surface area (Å²) in [7, 11) is 0. The third-order valence-electron chi connectivity index (χ3n) is 2.04. The van der Waals surface area contributed by atoms with Crippen LogP contribution in [-0.4, -0.2) is 22.2 Å². The SMILES string of the molecule is N#Cc1cc(C(O)C(O)C(N)=O)ccc1F. The number of nitrogens with zero attached hydrogens (tertiary/aromatic N) is 1. The topological polar surface area (TPSA) is 107 Å². The summed E-state index contributed by atoms with van der Waals surface area (Å²) >= 11 is 0. The van der Waals surface area contributed by atoms with E-state index in [1.54, 1.807) is 6.07 Å². The van der Waals surface area contributed by atoms with E-state index in [1.165, 1.54) is 0 Å². The molecule has 1 aromatic carbocycles. The Morgan fingerprint density at radius 3 is 2.62 bits per heavy atom. The molecule has 0 aliphatic carbocycles. The number of carbonyl (C=O) groups is 1. The molecule has 0 heterocycles. The molecule has 0 aliphatic rings. The van der Waals surface area contributed by atoms with Crippen molar-refractivity contribution in [1.82, 2.24) is 0 Å². The molecule has 0 aromatic heterocycles. The van der Waals surface area contributed by atoms with Gasteiger partial charge in [0.05, 0.1) is 5.56 Å². The van der Waals surface area contributed by atoms with E-state index in [9.17, 15) is 19.4 Å². The lowest BCUT2D eigenvalue weighted by atomic mass is 10.0. The van der Waals surface area contributed by atoms with E-state index >= 15 is 0 Å². The van der Waals surface area contributed by atoms with E-state index in [2.05, 4.69) is 0 Å². The zero-order chi connectivity index (χ0) is 12.3. The number of carbonyl (C=O) groups excluding carboxylic acids is 1. The zero-order valence-electron chi connectivity index (χ0n) is 8.09. The Kier molecular flexibility index (Phi) is 3.55. The van der Waals surface area contributed by atoms with E-state index in [4.69, 9.17) is 11.0 Å². The van der Waals surface area contributed by atoms with E-state index in [0.717, 1.165) is 18.2 Å². The first kappa shape index (κ1) is 12.1. The molecular formula is C10H9FN2O3. The fraction of sp³-hybridized carbons (Fsp3) is 0.200. The normalized spacial score (nSPS) is 13.9. The van der Waals surface area contributed by atoms with Gasteiger partial charge in [-0.1, -0.05) is 6.07 Å². The molecule has 4 N–H and O–H groups in total. The van der Waals surface area contributed by atoms with Gasteiger partial charge in [-0.3, -0.25) is 4.79 Å². The van der Waals surface area contributed by atoms with Crippen molar-refractivity contribution in [3.05, 3.63) is 35.1 Å². The quantitative estimate of drug-likeness (QED) is 0.647. The van der Waals surface area contributed by atoms with Gasteiger partial charge in [-0.05, 0) is 17.7 Å². The van der Waals surface area contributed by atoms with Crippen LogP contribution in [-0.2, 0) is 4.79 Å². The molecule has 16 heavy (non-hydrogen) atoms. The zero-order valence-corrected chi connectivity index (χ0v) is 8.09.